The number of aryl methyl sites for hydroxylation is 1. The number of carbonyl (C=O) groups is 1. The van der Waals surface area contributed by atoms with Crippen molar-refractivity contribution in [1.29, 1.82) is 0 Å². The molecule has 1 amide bonds. The molecule has 9 nitrogen and oxygen atoms in total. The quantitative estimate of drug-likeness (QED) is 0.337. The van der Waals surface area contributed by atoms with E-state index < -0.39 is 55.1 Å². The summed E-state index contributed by atoms with van der Waals surface area (Å²) in [7, 11) is -1.96. The number of fused-ring (bicyclic) bond motifs is 1. The van der Waals surface area contributed by atoms with Crippen LogP contribution >= 0.6 is 11.6 Å². The van der Waals surface area contributed by atoms with E-state index in [4.69, 9.17) is 16.3 Å². The first-order chi connectivity index (χ1) is 17.0. The maximum atomic E-state index is 15.5. The van der Waals surface area contributed by atoms with Gasteiger partial charge in [0.15, 0.2) is 22.2 Å². The van der Waals surface area contributed by atoms with E-state index in [-0.39, 0.29) is 27.5 Å². The molecule has 0 aliphatic rings. The molecule has 0 aliphatic heterocycles. The largest absolute Gasteiger partial charge is 0.480 e. The number of ether oxygens (including phenoxy) is 1. The van der Waals surface area contributed by atoms with E-state index in [0.717, 1.165) is 30.5 Å². The number of benzene rings is 2. The first-order valence-corrected chi connectivity index (χ1v) is 12.0. The molecule has 2 aromatic heterocycles. The molecule has 0 fully saturated rings. The van der Waals surface area contributed by atoms with Crippen LogP contribution in [0.5, 0.6) is 5.88 Å². The van der Waals surface area contributed by atoms with E-state index in [2.05, 4.69) is 20.5 Å². The third-order valence-corrected chi connectivity index (χ3v) is 6.86. The summed E-state index contributed by atoms with van der Waals surface area (Å²) in [5.74, 6) is -4.52. The summed E-state index contributed by atoms with van der Waals surface area (Å²) in [6.45, 7) is 1.51. The summed E-state index contributed by atoms with van der Waals surface area (Å²) in [6.07, 6.45) is 1.16. The molecule has 0 bridgehead atoms. The molecule has 0 unspecified atom stereocenters. The van der Waals surface area contributed by atoms with Gasteiger partial charge in [-0.05, 0) is 36.8 Å². The summed E-state index contributed by atoms with van der Waals surface area (Å²) in [5.41, 5.74) is -2.05. The molecule has 188 valence electrons. The Bertz CT molecular complexity index is 1640. The minimum Gasteiger partial charge on any atom is -0.480 e. The standard InChI is InChI=1S/C22H17ClF3N5O4S/c1-9-6-11(17(25)19-15(9)20(30-29-19)21(32)27-2)16-12(24)4-5-13(18(16)26)31-36(33,34)14-7-10(23)8-28-22(14)35-3/h4-8,31H,1-3H3,(H,27,32)(H,29,30). The van der Waals surface area contributed by atoms with Crippen molar-refractivity contribution in [2.75, 3.05) is 18.9 Å². The molecule has 4 rings (SSSR count). The number of amides is 1. The molecule has 0 spiro atoms. The predicted molar refractivity (Wildman–Crippen MR) is 126 cm³/mol. The van der Waals surface area contributed by atoms with E-state index in [1.54, 1.807) is 0 Å². The molecule has 3 N–H and O–H groups in total. The molecule has 0 radical (unpaired) electrons. The normalized spacial score (nSPS) is 11.5. The van der Waals surface area contributed by atoms with Gasteiger partial charge in [-0.25, -0.2) is 26.6 Å². The minimum absolute atomic E-state index is 0.0297. The maximum absolute atomic E-state index is 15.5. The lowest BCUT2D eigenvalue weighted by Gasteiger charge is -2.15. The molecule has 2 aromatic carbocycles. The van der Waals surface area contributed by atoms with Gasteiger partial charge >= 0.3 is 0 Å². The maximum Gasteiger partial charge on any atom is 0.272 e. The zero-order valence-electron chi connectivity index (χ0n) is 18.8. The molecule has 36 heavy (non-hydrogen) atoms. The molecule has 0 atom stereocenters. The van der Waals surface area contributed by atoms with E-state index in [0.29, 0.717) is 5.56 Å². The van der Waals surface area contributed by atoms with Crippen molar-refractivity contribution in [2.45, 2.75) is 11.8 Å². The number of H-pyrrole nitrogens is 1. The van der Waals surface area contributed by atoms with Crippen LogP contribution in [-0.2, 0) is 10.0 Å². The number of halogens is 4. The molecule has 0 saturated heterocycles. The Labute approximate surface area is 207 Å². The molecule has 4 aromatic rings. The molecule has 0 aliphatic carbocycles. The number of pyridine rings is 1. The van der Waals surface area contributed by atoms with Crippen molar-refractivity contribution in [3.63, 3.8) is 0 Å². The van der Waals surface area contributed by atoms with Crippen LogP contribution in [0.4, 0.5) is 18.9 Å². The van der Waals surface area contributed by atoms with Crippen LogP contribution in [0.2, 0.25) is 5.02 Å². The first kappa shape index (κ1) is 25.3. The number of hydrogen-bond donors (Lipinski definition) is 3. The zero-order valence-corrected chi connectivity index (χ0v) is 20.4. The summed E-state index contributed by atoms with van der Waals surface area (Å²) in [5, 5.41) is 8.66. The van der Waals surface area contributed by atoms with Gasteiger partial charge in [0.1, 0.15) is 11.3 Å². The lowest BCUT2D eigenvalue weighted by atomic mass is 9.97. The van der Waals surface area contributed by atoms with Gasteiger partial charge in [0.05, 0.1) is 23.4 Å². The first-order valence-electron chi connectivity index (χ1n) is 10.1. The van der Waals surface area contributed by atoms with Crippen LogP contribution in [0.15, 0.2) is 35.4 Å². The Morgan fingerprint density at radius 2 is 1.89 bits per heavy atom. The number of methoxy groups -OCH3 is 1. The molecule has 0 saturated carbocycles. The zero-order chi connectivity index (χ0) is 26.4. The Morgan fingerprint density at radius 3 is 2.56 bits per heavy atom. The average Bonchev–Trinajstić information content (AvgIpc) is 3.29. The minimum atomic E-state index is -4.51. The van der Waals surface area contributed by atoms with Crippen molar-refractivity contribution in [2.24, 2.45) is 0 Å². The monoisotopic (exact) mass is 539 g/mol. The highest BCUT2D eigenvalue weighted by Crippen LogP contribution is 2.37. The Balaban J connectivity index is 1.86. The van der Waals surface area contributed by atoms with Crippen molar-refractivity contribution in [3.05, 3.63) is 64.2 Å². The predicted octanol–water partition coefficient (Wildman–Crippen LogP) is 4.17. The Kier molecular flexibility index (Phi) is 6.54. The lowest BCUT2D eigenvalue weighted by Crippen LogP contribution is -2.18. The van der Waals surface area contributed by atoms with E-state index in [1.165, 1.54) is 21.1 Å². The topological polar surface area (TPSA) is 126 Å². The van der Waals surface area contributed by atoms with E-state index in [1.807, 2.05) is 4.72 Å². The number of nitrogens with zero attached hydrogens (tertiary/aromatic N) is 2. The number of nitrogens with one attached hydrogen (secondary N) is 3. The second-order valence-corrected chi connectivity index (χ2v) is 9.59. The van der Waals surface area contributed by atoms with Crippen molar-refractivity contribution in [3.8, 4) is 17.0 Å². The number of rotatable bonds is 6. The second kappa shape index (κ2) is 9.32. The van der Waals surface area contributed by atoms with Gasteiger partial charge in [-0.15, -0.1) is 0 Å². The number of sulfonamides is 1. The number of carbonyl (C=O) groups excluding carboxylic acids is 1. The third-order valence-electron chi connectivity index (χ3n) is 5.29. The fraction of sp³-hybridized carbons (Fsp3) is 0.136. The van der Waals surface area contributed by atoms with Crippen LogP contribution in [0.3, 0.4) is 0 Å². The average molecular weight is 540 g/mol. The van der Waals surface area contributed by atoms with Crippen molar-refractivity contribution >= 4 is 44.1 Å². The van der Waals surface area contributed by atoms with Gasteiger partial charge in [-0.1, -0.05) is 11.6 Å². The van der Waals surface area contributed by atoms with Crippen LogP contribution in [0, 0.1) is 24.4 Å². The second-order valence-electron chi connectivity index (χ2n) is 7.51. The highest BCUT2D eigenvalue weighted by molar-refractivity contribution is 7.92. The third kappa shape index (κ3) is 4.20. The summed E-state index contributed by atoms with van der Waals surface area (Å²) < 4.78 is 78.6. The van der Waals surface area contributed by atoms with Gasteiger partial charge in [0.25, 0.3) is 15.9 Å². The molecule has 14 heteroatoms. The van der Waals surface area contributed by atoms with Gasteiger partial charge in [-0.2, -0.15) is 5.10 Å². The summed E-state index contributed by atoms with van der Waals surface area (Å²) in [4.78, 5) is 15.3. The van der Waals surface area contributed by atoms with Crippen LogP contribution < -0.4 is 14.8 Å². The molecular weight excluding hydrogens is 523 g/mol. The van der Waals surface area contributed by atoms with Crippen molar-refractivity contribution in [1.82, 2.24) is 20.5 Å². The SMILES string of the molecule is CNC(=O)c1n[nH]c2c(F)c(-c3c(F)ccc(NS(=O)(=O)c4cc(Cl)cnc4OC)c3F)cc(C)c12. The highest BCUT2D eigenvalue weighted by atomic mass is 35.5. The van der Waals surface area contributed by atoms with Gasteiger partial charge in [0.2, 0.25) is 5.88 Å². The summed E-state index contributed by atoms with van der Waals surface area (Å²) >= 11 is 5.84. The highest BCUT2D eigenvalue weighted by Gasteiger charge is 2.27. The van der Waals surface area contributed by atoms with Gasteiger partial charge in [-0.3, -0.25) is 14.6 Å². The number of aromatic amines is 1. The Morgan fingerprint density at radius 1 is 1.17 bits per heavy atom. The molecular formula is C22H17ClF3N5O4S. The van der Waals surface area contributed by atoms with Crippen molar-refractivity contribution < 1.29 is 31.1 Å². The van der Waals surface area contributed by atoms with Gasteiger partial charge < -0.3 is 10.1 Å². The smallest absolute Gasteiger partial charge is 0.272 e. The fourth-order valence-electron chi connectivity index (χ4n) is 3.67. The number of aromatic nitrogens is 3. The molecule has 2 heterocycles. The Hall–Kier alpha value is -3.84. The lowest BCUT2D eigenvalue weighted by molar-refractivity contribution is 0.0959. The van der Waals surface area contributed by atoms with Crippen LogP contribution in [0.1, 0.15) is 16.1 Å². The van der Waals surface area contributed by atoms with E-state index >= 15 is 8.78 Å². The van der Waals surface area contributed by atoms with Crippen LogP contribution in [0.25, 0.3) is 22.0 Å². The number of hydrogen-bond acceptors (Lipinski definition) is 6. The van der Waals surface area contributed by atoms with E-state index in [9.17, 15) is 17.6 Å². The fourth-order valence-corrected chi connectivity index (χ4v) is 5.10. The summed E-state index contributed by atoms with van der Waals surface area (Å²) in [6, 6.07) is 3.81. The van der Waals surface area contributed by atoms with Crippen LogP contribution in [-0.4, -0.2) is 43.7 Å². The number of anilines is 1. The van der Waals surface area contributed by atoms with Gasteiger partial charge in [0, 0.05) is 24.2 Å².